The minimum atomic E-state index is -0.111. The van der Waals surface area contributed by atoms with E-state index in [9.17, 15) is 4.79 Å². The predicted molar refractivity (Wildman–Crippen MR) is 72.0 cm³/mol. The van der Waals surface area contributed by atoms with Crippen molar-refractivity contribution >= 4 is 5.78 Å². The molecule has 1 aromatic rings. The van der Waals surface area contributed by atoms with Crippen LogP contribution in [0.4, 0.5) is 0 Å². The third-order valence-corrected chi connectivity index (χ3v) is 3.49. The van der Waals surface area contributed by atoms with E-state index in [1.807, 2.05) is 6.07 Å². The van der Waals surface area contributed by atoms with Gasteiger partial charge in [-0.15, -0.1) is 0 Å². The minimum absolute atomic E-state index is 0.0828. The largest absolute Gasteiger partial charge is 0.378 e. The second kappa shape index (κ2) is 5.52. The maximum Gasteiger partial charge on any atom is 0.176 e. The smallest absolute Gasteiger partial charge is 0.176 e. The molecule has 4 nitrogen and oxygen atoms in total. The van der Waals surface area contributed by atoms with Crippen LogP contribution in [0.1, 0.15) is 29.8 Å². The van der Waals surface area contributed by atoms with Gasteiger partial charge >= 0.3 is 0 Å². The van der Waals surface area contributed by atoms with Gasteiger partial charge in [0.05, 0.1) is 31.4 Å². The number of morpholine rings is 1. The van der Waals surface area contributed by atoms with E-state index in [1.165, 1.54) is 0 Å². The van der Waals surface area contributed by atoms with Crippen LogP contribution >= 0.6 is 0 Å². The summed E-state index contributed by atoms with van der Waals surface area (Å²) in [5, 5.41) is 8.74. The Morgan fingerprint density at radius 2 is 2.11 bits per heavy atom. The number of carbonyl (C=O) groups excluding carboxylic acids is 1. The number of hydrogen-bond acceptors (Lipinski definition) is 4. The summed E-state index contributed by atoms with van der Waals surface area (Å²) in [7, 11) is 0. The average Bonchev–Trinajstić information content (AvgIpc) is 2.41. The van der Waals surface area contributed by atoms with Crippen molar-refractivity contribution in [3.63, 3.8) is 0 Å². The number of ketones is 1. The Kier molecular flexibility index (Phi) is 3.98. The Labute approximate surface area is 113 Å². The van der Waals surface area contributed by atoms with Crippen molar-refractivity contribution in [1.82, 2.24) is 4.90 Å². The predicted octanol–water partition coefficient (Wildman–Crippen LogP) is 1.85. The minimum Gasteiger partial charge on any atom is -0.378 e. The van der Waals surface area contributed by atoms with Crippen molar-refractivity contribution in [2.24, 2.45) is 0 Å². The highest BCUT2D eigenvalue weighted by Crippen LogP contribution is 2.19. The van der Waals surface area contributed by atoms with E-state index in [4.69, 9.17) is 10.00 Å². The fourth-order valence-electron chi connectivity index (χ4n) is 2.18. The summed E-state index contributed by atoms with van der Waals surface area (Å²) >= 11 is 0. The van der Waals surface area contributed by atoms with Crippen molar-refractivity contribution in [3.8, 4) is 6.07 Å². The Hall–Kier alpha value is -1.70. The van der Waals surface area contributed by atoms with Gasteiger partial charge in [0.15, 0.2) is 5.78 Å². The first-order valence-electron chi connectivity index (χ1n) is 6.39. The molecule has 1 saturated heterocycles. The summed E-state index contributed by atoms with van der Waals surface area (Å²) in [6.45, 7) is 6.64. The lowest BCUT2D eigenvalue weighted by atomic mass is 10.0. The summed E-state index contributed by atoms with van der Waals surface area (Å²) in [5.41, 5.74) is 1.12. The molecule has 0 unspecified atom stereocenters. The van der Waals surface area contributed by atoms with Crippen LogP contribution in [0.15, 0.2) is 24.3 Å². The zero-order valence-electron chi connectivity index (χ0n) is 11.3. The Balaban J connectivity index is 2.06. The number of Topliss-reactive ketones (excluding diaryl/α,β-unsaturated/α-hetero) is 1. The quantitative estimate of drug-likeness (QED) is 0.776. The fourth-order valence-corrected chi connectivity index (χ4v) is 2.18. The van der Waals surface area contributed by atoms with Crippen molar-refractivity contribution in [3.05, 3.63) is 35.4 Å². The zero-order chi connectivity index (χ0) is 13.9. The van der Waals surface area contributed by atoms with E-state index < -0.39 is 0 Å². The Bertz CT molecular complexity index is 500. The molecule has 0 aliphatic carbocycles. The monoisotopic (exact) mass is 258 g/mol. The first kappa shape index (κ1) is 13.7. The van der Waals surface area contributed by atoms with Crippen molar-refractivity contribution < 1.29 is 9.53 Å². The van der Waals surface area contributed by atoms with Gasteiger partial charge in [0.2, 0.25) is 0 Å². The third kappa shape index (κ3) is 3.19. The summed E-state index contributed by atoms with van der Waals surface area (Å²) in [6.07, 6.45) is 0. The summed E-state index contributed by atoms with van der Waals surface area (Å²) < 4.78 is 5.44. The molecule has 0 N–H and O–H groups in total. The van der Waals surface area contributed by atoms with Gasteiger partial charge in [0.25, 0.3) is 0 Å². The molecule has 0 aromatic heterocycles. The molecule has 0 saturated carbocycles. The molecule has 1 aromatic carbocycles. The molecule has 0 spiro atoms. The zero-order valence-corrected chi connectivity index (χ0v) is 11.3. The topological polar surface area (TPSA) is 53.3 Å². The van der Waals surface area contributed by atoms with E-state index in [1.54, 1.807) is 24.3 Å². The van der Waals surface area contributed by atoms with E-state index in [-0.39, 0.29) is 11.3 Å². The number of hydrogen-bond donors (Lipinski definition) is 0. The van der Waals surface area contributed by atoms with Crippen molar-refractivity contribution in [2.45, 2.75) is 19.4 Å². The van der Waals surface area contributed by atoms with Crippen LogP contribution in [0.3, 0.4) is 0 Å². The highest BCUT2D eigenvalue weighted by Gasteiger charge is 2.31. The molecular formula is C15H18N2O2. The lowest BCUT2D eigenvalue weighted by Gasteiger charge is -2.41. The molecule has 0 radical (unpaired) electrons. The van der Waals surface area contributed by atoms with Crippen LogP contribution in [-0.2, 0) is 4.74 Å². The number of nitriles is 1. The number of nitrogens with zero attached hydrogens (tertiary/aromatic N) is 2. The van der Waals surface area contributed by atoms with Crippen LogP contribution in [0, 0.1) is 11.3 Å². The molecule has 2 rings (SSSR count). The molecule has 1 aliphatic heterocycles. The SMILES string of the molecule is CC1(C)COCCN1CC(=O)c1ccc(C#N)cc1. The van der Waals surface area contributed by atoms with E-state index in [0.717, 1.165) is 6.54 Å². The molecule has 100 valence electrons. The lowest BCUT2D eigenvalue weighted by Crippen LogP contribution is -2.54. The normalized spacial score (nSPS) is 18.8. The molecule has 1 aliphatic rings. The first-order chi connectivity index (χ1) is 9.03. The summed E-state index contributed by atoms with van der Waals surface area (Å²) in [4.78, 5) is 14.4. The third-order valence-electron chi connectivity index (χ3n) is 3.49. The Morgan fingerprint density at radius 1 is 1.42 bits per heavy atom. The number of rotatable bonds is 3. The van der Waals surface area contributed by atoms with Crippen molar-refractivity contribution in [2.75, 3.05) is 26.3 Å². The van der Waals surface area contributed by atoms with E-state index in [0.29, 0.717) is 30.9 Å². The van der Waals surface area contributed by atoms with Gasteiger partial charge in [-0.3, -0.25) is 9.69 Å². The second-order valence-corrected chi connectivity index (χ2v) is 5.40. The maximum atomic E-state index is 12.2. The van der Waals surface area contributed by atoms with Crippen LogP contribution < -0.4 is 0 Å². The number of carbonyl (C=O) groups is 1. The summed E-state index contributed by atoms with van der Waals surface area (Å²) in [5.74, 6) is 0.0828. The van der Waals surface area contributed by atoms with Gasteiger partial charge in [-0.25, -0.2) is 0 Å². The lowest BCUT2D eigenvalue weighted by molar-refractivity contribution is -0.0467. The second-order valence-electron chi connectivity index (χ2n) is 5.40. The molecule has 19 heavy (non-hydrogen) atoms. The first-order valence-corrected chi connectivity index (χ1v) is 6.39. The van der Waals surface area contributed by atoms with Crippen LogP contribution in [0.2, 0.25) is 0 Å². The Morgan fingerprint density at radius 3 is 2.68 bits per heavy atom. The van der Waals surface area contributed by atoms with Gasteiger partial charge in [-0.05, 0) is 26.0 Å². The van der Waals surface area contributed by atoms with E-state index >= 15 is 0 Å². The molecule has 0 bridgehead atoms. The van der Waals surface area contributed by atoms with Crippen LogP contribution in [0.25, 0.3) is 0 Å². The molecule has 1 fully saturated rings. The maximum absolute atomic E-state index is 12.2. The molecule has 1 heterocycles. The van der Waals surface area contributed by atoms with Gasteiger partial charge in [-0.1, -0.05) is 12.1 Å². The van der Waals surface area contributed by atoms with Gasteiger partial charge in [0.1, 0.15) is 0 Å². The van der Waals surface area contributed by atoms with E-state index in [2.05, 4.69) is 18.7 Å². The number of ether oxygens (including phenoxy) is 1. The highest BCUT2D eigenvalue weighted by molar-refractivity contribution is 5.97. The number of benzene rings is 1. The molecular weight excluding hydrogens is 240 g/mol. The standard InChI is InChI=1S/C15H18N2O2/c1-15(2)11-19-8-7-17(15)10-14(18)13-5-3-12(9-16)4-6-13/h3-6H,7-8,10-11H2,1-2H3. The highest BCUT2D eigenvalue weighted by atomic mass is 16.5. The molecule has 0 atom stereocenters. The average molecular weight is 258 g/mol. The summed E-state index contributed by atoms with van der Waals surface area (Å²) in [6, 6.07) is 8.84. The van der Waals surface area contributed by atoms with Gasteiger partial charge in [0, 0.05) is 17.6 Å². The van der Waals surface area contributed by atoms with Crippen LogP contribution in [0.5, 0.6) is 0 Å². The van der Waals surface area contributed by atoms with Crippen LogP contribution in [-0.4, -0.2) is 42.5 Å². The van der Waals surface area contributed by atoms with Crippen molar-refractivity contribution in [1.29, 1.82) is 5.26 Å². The fraction of sp³-hybridized carbons (Fsp3) is 0.467. The van der Waals surface area contributed by atoms with Gasteiger partial charge in [-0.2, -0.15) is 5.26 Å². The molecule has 0 amide bonds. The molecule has 4 heteroatoms. The van der Waals surface area contributed by atoms with Gasteiger partial charge < -0.3 is 4.74 Å².